The minimum absolute atomic E-state index is 0.0706. The largest absolute Gasteiger partial charge is 0.496 e. The van der Waals surface area contributed by atoms with E-state index in [1.165, 1.54) is 18.2 Å². The summed E-state index contributed by atoms with van der Waals surface area (Å²) < 4.78 is 18.8. The Balaban J connectivity index is 1.44. The summed E-state index contributed by atoms with van der Waals surface area (Å²) in [5.41, 5.74) is 2.52. The van der Waals surface area contributed by atoms with Gasteiger partial charge in [0.15, 0.2) is 0 Å². The third kappa shape index (κ3) is 4.72. The first-order valence-electron chi connectivity index (χ1n) is 10.4. The summed E-state index contributed by atoms with van der Waals surface area (Å²) in [7, 11) is 1.62. The molecule has 0 spiro atoms. The number of methoxy groups -OCH3 is 1. The minimum Gasteiger partial charge on any atom is -0.496 e. The number of para-hydroxylation sites is 1. The molecule has 1 N–H and O–H groups in total. The molecule has 7 heteroatoms. The molecule has 0 bridgehead atoms. The van der Waals surface area contributed by atoms with Gasteiger partial charge in [-0.15, -0.1) is 0 Å². The molecule has 6 nitrogen and oxygen atoms in total. The number of anilines is 2. The van der Waals surface area contributed by atoms with Crippen molar-refractivity contribution in [3.05, 3.63) is 89.7 Å². The monoisotopic (exact) mass is 433 g/mol. The molecule has 1 fully saturated rings. The van der Waals surface area contributed by atoms with Crippen molar-refractivity contribution in [3.8, 4) is 5.75 Å². The highest BCUT2D eigenvalue weighted by atomic mass is 19.1. The van der Waals surface area contributed by atoms with E-state index in [2.05, 4.69) is 5.32 Å². The van der Waals surface area contributed by atoms with Crippen LogP contribution in [0.25, 0.3) is 0 Å². The zero-order chi connectivity index (χ0) is 22.5. The number of nitrogens with zero attached hydrogens (tertiary/aromatic N) is 2. The molecule has 0 aliphatic carbocycles. The molecule has 0 saturated carbocycles. The van der Waals surface area contributed by atoms with Gasteiger partial charge in [0.2, 0.25) is 0 Å². The van der Waals surface area contributed by atoms with Crippen LogP contribution in [0.5, 0.6) is 5.75 Å². The van der Waals surface area contributed by atoms with E-state index in [9.17, 15) is 14.0 Å². The van der Waals surface area contributed by atoms with Gasteiger partial charge < -0.3 is 15.0 Å². The first-order chi connectivity index (χ1) is 15.5. The average Bonchev–Trinajstić information content (AvgIpc) is 2.81. The number of nitrogens with one attached hydrogen (secondary N) is 1. The summed E-state index contributed by atoms with van der Waals surface area (Å²) in [6, 6.07) is 20.2. The van der Waals surface area contributed by atoms with E-state index < -0.39 is 11.7 Å². The Hall–Kier alpha value is -3.87. The van der Waals surface area contributed by atoms with Gasteiger partial charge in [-0.1, -0.05) is 24.3 Å². The van der Waals surface area contributed by atoms with Gasteiger partial charge in [0.05, 0.1) is 13.7 Å². The molecule has 1 aliphatic rings. The highest BCUT2D eigenvalue weighted by Crippen LogP contribution is 2.25. The summed E-state index contributed by atoms with van der Waals surface area (Å²) >= 11 is 0. The Morgan fingerprint density at radius 1 is 1.03 bits per heavy atom. The van der Waals surface area contributed by atoms with Crippen molar-refractivity contribution in [1.82, 2.24) is 4.90 Å². The number of amides is 3. The second-order valence-electron chi connectivity index (χ2n) is 7.53. The van der Waals surface area contributed by atoms with Crippen molar-refractivity contribution in [2.24, 2.45) is 0 Å². The van der Waals surface area contributed by atoms with E-state index in [0.717, 1.165) is 23.4 Å². The summed E-state index contributed by atoms with van der Waals surface area (Å²) in [5.74, 6) is -0.0978. The number of hydrogen-bond acceptors (Lipinski definition) is 3. The maximum absolute atomic E-state index is 13.3. The molecular weight excluding hydrogens is 409 g/mol. The smallest absolute Gasteiger partial charge is 0.324 e. The van der Waals surface area contributed by atoms with Crippen LogP contribution in [0.3, 0.4) is 0 Å². The summed E-state index contributed by atoms with van der Waals surface area (Å²) in [6.45, 7) is 1.77. The summed E-state index contributed by atoms with van der Waals surface area (Å²) in [6.07, 6.45) is 0.846. The fraction of sp³-hybridized carbons (Fsp3) is 0.200. The Labute approximate surface area is 186 Å². The first kappa shape index (κ1) is 21.4. The summed E-state index contributed by atoms with van der Waals surface area (Å²) in [5, 5.41) is 2.75. The molecule has 1 heterocycles. The fourth-order valence-electron chi connectivity index (χ4n) is 3.76. The van der Waals surface area contributed by atoms with E-state index in [4.69, 9.17) is 4.74 Å². The highest BCUT2D eigenvalue weighted by molar-refractivity contribution is 6.04. The molecule has 0 aromatic heterocycles. The second-order valence-corrected chi connectivity index (χ2v) is 7.53. The maximum atomic E-state index is 13.3. The van der Waals surface area contributed by atoms with Crippen LogP contribution in [-0.4, -0.2) is 37.0 Å². The number of carbonyl (C=O) groups excluding carboxylic acids is 2. The highest BCUT2D eigenvalue weighted by Gasteiger charge is 2.27. The Morgan fingerprint density at radius 3 is 2.56 bits per heavy atom. The molecule has 0 atom stereocenters. The molecule has 1 aliphatic heterocycles. The van der Waals surface area contributed by atoms with Crippen LogP contribution in [0.4, 0.5) is 20.6 Å². The molecule has 1 saturated heterocycles. The molecule has 4 rings (SSSR count). The molecule has 3 aromatic rings. The Kier molecular flexibility index (Phi) is 6.35. The van der Waals surface area contributed by atoms with E-state index in [0.29, 0.717) is 25.3 Å². The molecule has 0 radical (unpaired) electrons. The molecule has 0 unspecified atom stereocenters. The zero-order valence-electron chi connectivity index (χ0n) is 17.8. The molecule has 3 aromatic carbocycles. The Morgan fingerprint density at radius 2 is 1.81 bits per heavy atom. The van der Waals surface area contributed by atoms with Gasteiger partial charge in [0, 0.05) is 35.6 Å². The van der Waals surface area contributed by atoms with Gasteiger partial charge >= 0.3 is 6.03 Å². The predicted octanol–water partition coefficient (Wildman–Crippen LogP) is 4.92. The predicted molar refractivity (Wildman–Crippen MR) is 122 cm³/mol. The van der Waals surface area contributed by atoms with Crippen LogP contribution in [0.1, 0.15) is 22.3 Å². The van der Waals surface area contributed by atoms with E-state index in [-0.39, 0.29) is 11.6 Å². The SMILES string of the molecule is COc1ccccc1CN1CCCN(c2ccc(NC(=O)c3cccc(F)c3)cc2)C1=O. The molecule has 3 amide bonds. The van der Waals surface area contributed by atoms with Crippen LogP contribution in [0.15, 0.2) is 72.8 Å². The number of benzene rings is 3. The molecule has 32 heavy (non-hydrogen) atoms. The van der Waals surface area contributed by atoms with Crippen LogP contribution < -0.4 is 15.0 Å². The van der Waals surface area contributed by atoms with Crippen LogP contribution in [-0.2, 0) is 6.54 Å². The van der Waals surface area contributed by atoms with Crippen LogP contribution >= 0.6 is 0 Å². The lowest BCUT2D eigenvalue weighted by Gasteiger charge is -2.36. The van der Waals surface area contributed by atoms with Crippen LogP contribution in [0.2, 0.25) is 0 Å². The number of ether oxygens (including phenoxy) is 1. The van der Waals surface area contributed by atoms with Crippen LogP contribution in [0, 0.1) is 5.82 Å². The van der Waals surface area contributed by atoms with E-state index in [1.807, 2.05) is 24.3 Å². The number of hydrogen-bond donors (Lipinski definition) is 1. The number of urea groups is 1. The van der Waals surface area contributed by atoms with Crippen molar-refractivity contribution in [3.63, 3.8) is 0 Å². The number of halogens is 1. The van der Waals surface area contributed by atoms with Gasteiger partial charge in [-0.3, -0.25) is 9.69 Å². The van der Waals surface area contributed by atoms with Gasteiger partial charge in [-0.25, -0.2) is 9.18 Å². The third-order valence-electron chi connectivity index (χ3n) is 5.39. The summed E-state index contributed by atoms with van der Waals surface area (Å²) in [4.78, 5) is 29.0. The topological polar surface area (TPSA) is 61.9 Å². The lowest BCUT2D eigenvalue weighted by molar-refractivity contribution is 0.102. The molecule has 164 valence electrons. The van der Waals surface area contributed by atoms with Crippen molar-refractivity contribution in [2.45, 2.75) is 13.0 Å². The van der Waals surface area contributed by atoms with Gasteiger partial charge in [0.1, 0.15) is 11.6 Å². The first-order valence-corrected chi connectivity index (χ1v) is 10.4. The zero-order valence-corrected chi connectivity index (χ0v) is 17.8. The van der Waals surface area contributed by atoms with Crippen molar-refractivity contribution in [1.29, 1.82) is 0 Å². The van der Waals surface area contributed by atoms with E-state index >= 15 is 0 Å². The number of rotatable bonds is 6. The normalized spacial score (nSPS) is 13.8. The van der Waals surface area contributed by atoms with E-state index in [1.54, 1.807) is 47.2 Å². The van der Waals surface area contributed by atoms with Gasteiger partial charge in [-0.2, -0.15) is 0 Å². The van der Waals surface area contributed by atoms with Gasteiger partial charge in [0.25, 0.3) is 5.91 Å². The van der Waals surface area contributed by atoms with Crippen molar-refractivity contribution in [2.75, 3.05) is 30.4 Å². The molecular formula is C25H24FN3O3. The lowest BCUT2D eigenvalue weighted by Crippen LogP contribution is -2.49. The van der Waals surface area contributed by atoms with Gasteiger partial charge in [-0.05, 0) is 55.0 Å². The maximum Gasteiger partial charge on any atom is 0.324 e. The fourth-order valence-corrected chi connectivity index (χ4v) is 3.76. The quantitative estimate of drug-likeness (QED) is 0.600. The third-order valence-corrected chi connectivity index (χ3v) is 5.39. The van der Waals surface area contributed by atoms with Crippen molar-refractivity contribution < 1.29 is 18.7 Å². The Bertz CT molecular complexity index is 1120. The number of carbonyl (C=O) groups is 2. The standard InChI is InChI=1S/C25H24FN3O3/c1-32-23-9-3-2-6-19(23)17-28-14-5-15-29(25(28)31)22-12-10-21(11-13-22)27-24(30)18-7-4-8-20(26)16-18/h2-4,6-13,16H,5,14-15,17H2,1H3,(H,27,30). The average molecular weight is 433 g/mol. The lowest BCUT2D eigenvalue weighted by atomic mass is 10.1. The minimum atomic E-state index is -0.464. The van der Waals surface area contributed by atoms with Crippen molar-refractivity contribution >= 4 is 23.3 Å². The second kappa shape index (κ2) is 9.51.